The monoisotopic (exact) mass is 224 g/mol. The van der Waals surface area contributed by atoms with Crippen molar-refractivity contribution in [2.75, 3.05) is 6.61 Å². The van der Waals surface area contributed by atoms with Crippen molar-refractivity contribution in [3.05, 3.63) is 12.2 Å². The van der Waals surface area contributed by atoms with Crippen LogP contribution in [-0.4, -0.2) is 12.6 Å². The molecule has 2 nitrogen and oxygen atoms in total. The van der Waals surface area contributed by atoms with Crippen LogP contribution in [-0.2, 0) is 9.53 Å². The maximum Gasteiger partial charge on any atom is 0.333 e. The van der Waals surface area contributed by atoms with Crippen LogP contribution >= 0.6 is 0 Å². The molecule has 0 atom stereocenters. The fourth-order valence-corrected chi connectivity index (χ4v) is 2.20. The summed E-state index contributed by atoms with van der Waals surface area (Å²) in [5.74, 6) is 0.206. The molecule has 2 heteroatoms. The van der Waals surface area contributed by atoms with Crippen LogP contribution in [0.15, 0.2) is 12.2 Å². The molecule has 0 N–H and O–H groups in total. The van der Waals surface area contributed by atoms with E-state index in [1.165, 1.54) is 25.7 Å². The minimum atomic E-state index is -0.166. The second-order valence-electron chi connectivity index (χ2n) is 4.70. The SMILES string of the molecule is C=C(C(=O)OCCCC)C1CCCCCC1. The molecule has 0 spiro atoms. The lowest BCUT2D eigenvalue weighted by molar-refractivity contribution is -0.139. The molecule has 0 aromatic rings. The summed E-state index contributed by atoms with van der Waals surface area (Å²) in [6, 6.07) is 0. The number of hydrogen-bond donors (Lipinski definition) is 0. The number of unbranched alkanes of at least 4 members (excludes halogenated alkanes) is 1. The molecule has 0 heterocycles. The fourth-order valence-electron chi connectivity index (χ4n) is 2.20. The lowest BCUT2D eigenvalue weighted by Gasteiger charge is -2.15. The van der Waals surface area contributed by atoms with Gasteiger partial charge in [0.2, 0.25) is 0 Å². The normalized spacial score (nSPS) is 17.8. The van der Waals surface area contributed by atoms with Crippen LogP contribution in [0, 0.1) is 5.92 Å². The minimum Gasteiger partial charge on any atom is -0.462 e. The Bertz CT molecular complexity index is 225. The summed E-state index contributed by atoms with van der Waals surface area (Å²) in [6.07, 6.45) is 9.29. The Morgan fingerprint density at radius 1 is 1.25 bits per heavy atom. The van der Waals surface area contributed by atoms with Crippen molar-refractivity contribution in [2.24, 2.45) is 5.92 Å². The summed E-state index contributed by atoms with van der Waals surface area (Å²) in [7, 11) is 0. The van der Waals surface area contributed by atoms with Crippen LogP contribution < -0.4 is 0 Å². The van der Waals surface area contributed by atoms with E-state index in [1.54, 1.807) is 0 Å². The first-order valence-corrected chi connectivity index (χ1v) is 6.61. The molecule has 1 aliphatic rings. The summed E-state index contributed by atoms with van der Waals surface area (Å²) in [4.78, 5) is 11.7. The largest absolute Gasteiger partial charge is 0.462 e. The van der Waals surface area contributed by atoms with Gasteiger partial charge in [0.1, 0.15) is 0 Å². The predicted molar refractivity (Wildman–Crippen MR) is 66.2 cm³/mol. The van der Waals surface area contributed by atoms with Crippen LogP contribution in [0.3, 0.4) is 0 Å². The Balaban J connectivity index is 2.33. The summed E-state index contributed by atoms with van der Waals surface area (Å²) in [6.45, 7) is 6.56. The second kappa shape index (κ2) is 7.48. The van der Waals surface area contributed by atoms with Crippen molar-refractivity contribution in [2.45, 2.75) is 58.3 Å². The average Bonchev–Trinajstić information content (AvgIpc) is 2.56. The van der Waals surface area contributed by atoms with Gasteiger partial charge in [-0.05, 0) is 25.2 Å². The molecule has 1 saturated carbocycles. The lowest BCUT2D eigenvalue weighted by Crippen LogP contribution is -2.15. The number of esters is 1. The molecule has 0 amide bonds. The van der Waals surface area contributed by atoms with Gasteiger partial charge in [0.15, 0.2) is 0 Å². The van der Waals surface area contributed by atoms with Gasteiger partial charge >= 0.3 is 5.97 Å². The molecule has 0 saturated heterocycles. The number of carbonyl (C=O) groups excluding carboxylic acids is 1. The molecule has 1 rings (SSSR count). The number of hydrogen-bond acceptors (Lipinski definition) is 2. The molecular formula is C14H24O2. The highest BCUT2D eigenvalue weighted by molar-refractivity contribution is 5.88. The van der Waals surface area contributed by atoms with Crippen molar-refractivity contribution in [1.29, 1.82) is 0 Å². The number of rotatable bonds is 5. The molecule has 0 aromatic heterocycles. The third-order valence-corrected chi connectivity index (χ3v) is 3.34. The van der Waals surface area contributed by atoms with Crippen LogP contribution in [0.5, 0.6) is 0 Å². The van der Waals surface area contributed by atoms with E-state index < -0.39 is 0 Å². The zero-order valence-electron chi connectivity index (χ0n) is 10.5. The van der Waals surface area contributed by atoms with Crippen molar-refractivity contribution in [3.63, 3.8) is 0 Å². The maximum atomic E-state index is 11.7. The second-order valence-corrected chi connectivity index (χ2v) is 4.70. The molecule has 92 valence electrons. The van der Waals surface area contributed by atoms with Crippen molar-refractivity contribution >= 4 is 5.97 Å². The van der Waals surface area contributed by atoms with Crippen LogP contribution in [0.25, 0.3) is 0 Å². The minimum absolute atomic E-state index is 0.166. The van der Waals surface area contributed by atoms with Crippen LogP contribution in [0.4, 0.5) is 0 Å². The Morgan fingerprint density at radius 2 is 1.88 bits per heavy atom. The van der Waals surface area contributed by atoms with Crippen LogP contribution in [0.2, 0.25) is 0 Å². The first-order chi connectivity index (χ1) is 7.75. The average molecular weight is 224 g/mol. The first kappa shape index (κ1) is 13.3. The van der Waals surface area contributed by atoms with Gasteiger partial charge in [-0.1, -0.05) is 45.6 Å². The molecule has 0 bridgehead atoms. The predicted octanol–water partition coefficient (Wildman–Crippen LogP) is 3.86. The molecular weight excluding hydrogens is 200 g/mol. The Kier molecular flexibility index (Phi) is 6.20. The van der Waals surface area contributed by atoms with E-state index in [-0.39, 0.29) is 5.97 Å². The van der Waals surface area contributed by atoms with E-state index in [9.17, 15) is 4.79 Å². The third-order valence-electron chi connectivity index (χ3n) is 3.34. The highest BCUT2D eigenvalue weighted by Gasteiger charge is 2.21. The van der Waals surface area contributed by atoms with Gasteiger partial charge in [0, 0.05) is 5.57 Å². The Morgan fingerprint density at radius 3 is 2.44 bits per heavy atom. The van der Waals surface area contributed by atoms with Crippen molar-refractivity contribution < 1.29 is 9.53 Å². The van der Waals surface area contributed by atoms with Crippen molar-refractivity contribution in [1.82, 2.24) is 0 Å². The lowest BCUT2D eigenvalue weighted by atomic mass is 9.93. The van der Waals surface area contributed by atoms with Gasteiger partial charge in [-0.3, -0.25) is 0 Å². The summed E-state index contributed by atoms with van der Waals surface area (Å²) < 4.78 is 5.20. The van der Waals surface area contributed by atoms with E-state index in [1.807, 2.05) is 0 Å². The van der Waals surface area contributed by atoms with Gasteiger partial charge in [0.25, 0.3) is 0 Å². The third kappa shape index (κ3) is 4.38. The van der Waals surface area contributed by atoms with E-state index in [0.717, 1.165) is 25.7 Å². The summed E-state index contributed by atoms with van der Waals surface area (Å²) >= 11 is 0. The standard InChI is InChI=1S/C14H24O2/c1-3-4-11-16-14(15)12(2)13-9-7-5-6-8-10-13/h13H,2-11H2,1H3. The molecule has 0 aliphatic heterocycles. The van der Waals surface area contributed by atoms with Crippen molar-refractivity contribution in [3.8, 4) is 0 Å². The number of ether oxygens (including phenoxy) is 1. The van der Waals surface area contributed by atoms with E-state index in [4.69, 9.17) is 4.74 Å². The number of carbonyl (C=O) groups is 1. The van der Waals surface area contributed by atoms with E-state index in [2.05, 4.69) is 13.5 Å². The molecule has 16 heavy (non-hydrogen) atoms. The fraction of sp³-hybridized carbons (Fsp3) is 0.786. The van der Waals surface area contributed by atoms with Gasteiger partial charge < -0.3 is 4.74 Å². The molecule has 0 radical (unpaired) electrons. The Labute approximate surface area is 99.1 Å². The quantitative estimate of drug-likeness (QED) is 0.307. The maximum absolute atomic E-state index is 11.7. The van der Waals surface area contributed by atoms with E-state index >= 15 is 0 Å². The smallest absolute Gasteiger partial charge is 0.333 e. The highest BCUT2D eigenvalue weighted by Crippen LogP contribution is 2.28. The summed E-state index contributed by atoms with van der Waals surface area (Å²) in [5.41, 5.74) is 0.706. The zero-order valence-corrected chi connectivity index (χ0v) is 10.5. The van der Waals surface area contributed by atoms with Gasteiger partial charge in [-0.2, -0.15) is 0 Å². The van der Waals surface area contributed by atoms with Gasteiger partial charge in [0.05, 0.1) is 6.61 Å². The van der Waals surface area contributed by atoms with E-state index in [0.29, 0.717) is 18.1 Å². The molecule has 0 unspecified atom stereocenters. The van der Waals surface area contributed by atoms with Gasteiger partial charge in [-0.25, -0.2) is 4.79 Å². The first-order valence-electron chi connectivity index (χ1n) is 6.61. The Hall–Kier alpha value is -0.790. The zero-order chi connectivity index (χ0) is 11.8. The molecule has 1 aliphatic carbocycles. The summed E-state index contributed by atoms with van der Waals surface area (Å²) in [5, 5.41) is 0. The topological polar surface area (TPSA) is 26.3 Å². The van der Waals surface area contributed by atoms with Gasteiger partial charge in [-0.15, -0.1) is 0 Å². The highest BCUT2D eigenvalue weighted by atomic mass is 16.5. The molecule has 1 fully saturated rings. The van der Waals surface area contributed by atoms with Crippen LogP contribution in [0.1, 0.15) is 58.3 Å². The molecule has 0 aromatic carbocycles.